The van der Waals surface area contributed by atoms with Crippen molar-refractivity contribution in [2.75, 3.05) is 0 Å². The number of carbonyl (C=O) groups excluding carboxylic acids is 1. The second-order valence-corrected chi connectivity index (χ2v) is 6.66. The lowest BCUT2D eigenvalue weighted by atomic mass is 10.1. The second kappa shape index (κ2) is 8.05. The van der Waals surface area contributed by atoms with Crippen LogP contribution >= 0.6 is 0 Å². The molecule has 1 unspecified atom stereocenters. The fourth-order valence-electron chi connectivity index (χ4n) is 2.93. The third-order valence-corrected chi connectivity index (χ3v) is 4.70. The lowest BCUT2D eigenvalue weighted by molar-refractivity contribution is -0.128. The molecule has 0 aliphatic carbocycles. The Hall–Kier alpha value is -2.81. The summed E-state index contributed by atoms with van der Waals surface area (Å²) in [6.07, 6.45) is 0.133. The summed E-state index contributed by atoms with van der Waals surface area (Å²) in [6.45, 7) is 6.56. The number of hydrogen-bond donors (Lipinski definition) is 1. The number of carbonyl (C=O) groups is 1. The number of amides is 1. The van der Waals surface area contributed by atoms with Gasteiger partial charge in [-0.1, -0.05) is 49.4 Å². The van der Waals surface area contributed by atoms with E-state index in [-0.39, 0.29) is 5.91 Å². The highest BCUT2D eigenvalue weighted by atomic mass is 16.5. The van der Waals surface area contributed by atoms with Gasteiger partial charge < -0.3 is 10.1 Å². The van der Waals surface area contributed by atoms with Gasteiger partial charge >= 0.3 is 0 Å². The van der Waals surface area contributed by atoms with Gasteiger partial charge in [0.2, 0.25) is 0 Å². The molecule has 134 valence electrons. The largest absolute Gasteiger partial charge is 0.481 e. The molecule has 26 heavy (non-hydrogen) atoms. The first-order valence-corrected chi connectivity index (χ1v) is 9.06. The molecule has 0 aliphatic heterocycles. The number of benzene rings is 3. The summed E-state index contributed by atoms with van der Waals surface area (Å²) in [5, 5.41) is 5.38. The molecule has 3 nitrogen and oxygen atoms in total. The van der Waals surface area contributed by atoms with Gasteiger partial charge in [-0.15, -0.1) is 0 Å². The van der Waals surface area contributed by atoms with Crippen molar-refractivity contribution in [3.8, 4) is 5.75 Å². The molecule has 0 saturated heterocycles. The van der Waals surface area contributed by atoms with Gasteiger partial charge in [0.05, 0.1) is 0 Å². The van der Waals surface area contributed by atoms with E-state index < -0.39 is 6.10 Å². The lowest BCUT2D eigenvalue weighted by Crippen LogP contribution is -2.37. The predicted octanol–water partition coefficient (Wildman–Crippen LogP) is 4.93. The second-order valence-electron chi connectivity index (χ2n) is 6.66. The molecular formula is C23H25NO2. The van der Waals surface area contributed by atoms with E-state index in [2.05, 4.69) is 36.5 Å². The number of aryl methyl sites for hydroxylation is 2. The summed E-state index contributed by atoms with van der Waals surface area (Å²) in [5.74, 6) is 0.652. The van der Waals surface area contributed by atoms with Crippen LogP contribution in [-0.4, -0.2) is 12.0 Å². The predicted molar refractivity (Wildman–Crippen MR) is 106 cm³/mol. The maximum absolute atomic E-state index is 12.5. The van der Waals surface area contributed by atoms with Crippen molar-refractivity contribution in [2.24, 2.45) is 0 Å². The zero-order chi connectivity index (χ0) is 18.5. The van der Waals surface area contributed by atoms with E-state index in [0.717, 1.165) is 16.9 Å². The molecule has 3 aromatic carbocycles. The van der Waals surface area contributed by atoms with E-state index in [1.807, 2.05) is 50.2 Å². The van der Waals surface area contributed by atoms with Gasteiger partial charge in [-0.25, -0.2) is 0 Å². The van der Waals surface area contributed by atoms with Crippen molar-refractivity contribution in [3.05, 3.63) is 77.4 Å². The van der Waals surface area contributed by atoms with Gasteiger partial charge in [-0.3, -0.25) is 4.79 Å². The molecule has 0 aromatic heterocycles. The molecule has 0 aliphatic rings. The highest BCUT2D eigenvalue weighted by molar-refractivity contribution is 5.83. The topological polar surface area (TPSA) is 38.3 Å². The Labute approximate surface area is 155 Å². The minimum atomic E-state index is -0.488. The summed E-state index contributed by atoms with van der Waals surface area (Å²) in [4.78, 5) is 12.5. The Morgan fingerprint density at radius 3 is 2.46 bits per heavy atom. The maximum Gasteiger partial charge on any atom is 0.261 e. The van der Waals surface area contributed by atoms with Gasteiger partial charge in [0.25, 0.3) is 5.91 Å². The van der Waals surface area contributed by atoms with Crippen LogP contribution < -0.4 is 10.1 Å². The fraction of sp³-hybridized carbons (Fsp3) is 0.261. The smallest absolute Gasteiger partial charge is 0.261 e. The van der Waals surface area contributed by atoms with Gasteiger partial charge in [0.15, 0.2) is 6.10 Å². The van der Waals surface area contributed by atoms with Crippen LogP contribution in [0.3, 0.4) is 0 Å². The van der Waals surface area contributed by atoms with Crippen molar-refractivity contribution in [3.63, 3.8) is 0 Å². The van der Waals surface area contributed by atoms with Crippen molar-refractivity contribution in [1.82, 2.24) is 5.32 Å². The maximum atomic E-state index is 12.5. The average Bonchev–Trinajstić information content (AvgIpc) is 2.66. The number of rotatable bonds is 6. The highest BCUT2D eigenvalue weighted by Gasteiger charge is 2.18. The summed E-state index contributed by atoms with van der Waals surface area (Å²) in [6, 6.07) is 20.4. The normalized spacial score (nSPS) is 12.0. The summed E-state index contributed by atoms with van der Waals surface area (Å²) >= 11 is 0. The van der Waals surface area contributed by atoms with Gasteiger partial charge in [0.1, 0.15) is 5.75 Å². The molecule has 3 aromatic rings. The number of fused-ring (bicyclic) bond motifs is 1. The zero-order valence-electron chi connectivity index (χ0n) is 15.6. The molecule has 0 radical (unpaired) electrons. The van der Waals surface area contributed by atoms with Crippen LogP contribution in [0.15, 0.2) is 60.7 Å². The van der Waals surface area contributed by atoms with Crippen molar-refractivity contribution in [1.29, 1.82) is 0 Å². The van der Waals surface area contributed by atoms with Gasteiger partial charge in [-0.2, -0.15) is 0 Å². The van der Waals surface area contributed by atoms with E-state index in [9.17, 15) is 4.79 Å². The van der Waals surface area contributed by atoms with Crippen LogP contribution in [0.2, 0.25) is 0 Å². The summed E-state index contributed by atoms with van der Waals surface area (Å²) in [5.41, 5.74) is 3.46. The first-order chi connectivity index (χ1) is 12.6. The number of ether oxygens (including phenoxy) is 1. The van der Waals surface area contributed by atoms with Crippen LogP contribution in [-0.2, 0) is 11.3 Å². The van der Waals surface area contributed by atoms with Gasteiger partial charge in [0, 0.05) is 6.54 Å². The first kappa shape index (κ1) is 18.0. The summed E-state index contributed by atoms with van der Waals surface area (Å²) < 4.78 is 5.91. The SMILES string of the molecule is CCC(Oc1ccc(C)c(C)c1)C(=O)NCc1ccc2ccccc2c1. The average molecular weight is 347 g/mol. The molecular weight excluding hydrogens is 322 g/mol. The van der Waals surface area contributed by atoms with Crippen molar-refractivity contribution >= 4 is 16.7 Å². The molecule has 0 bridgehead atoms. The van der Waals surface area contributed by atoms with E-state index in [4.69, 9.17) is 4.74 Å². The Kier molecular flexibility index (Phi) is 5.57. The minimum absolute atomic E-state index is 0.0844. The van der Waals surface area contributed by atoms with Crippen LogP contribution in [0.1, 0.15) is 30.0 Å². The molecule has 0 fully saturated rings. The van der Waals surface area contributed by atoms with E-state index in [0.29, 0.717) is 13.0 Å². The standard InChI is InChI=1S/C23H25NO2/c1-4-22(26-21-12-9-16(2)17(3)13-21)23(25)24-15-18-10-11-19-7-5-6-8-20(19)14-18/h5-14,22H,4,15H2,1-3H3,(H,24,25). The third kappa shape index (κ3) is 4.23. The van der Waals surface area contributed by atoms with E-state index in [1.165, 1.54) is 16.3 Å². The van der Waals surface area contributed by atoms with Gasteiger partial charge in [-0.05, 0) is 65.9 Å². The Bertz CT molecular complexity index is 917. The minimum Gasteiger partial charge on any atom is -0.481 e. The molecule has 1 N–H and O–H groups in total. The Morgan fingerprint density at radius 1 is 0.962 bits per heavy atom. The van der Waals surface area contributed by atoms with Crippen molar-refractivity contribution in [2.45, 2.75) is 39.8 Å². The van der Waals surface area contributed by atoms with E-state index >= 15 is 0 Å². The lowest BCUT2D eigenvalue weighted by Gasteiger charge is -2.18. The number of nitrogens with one attached hydrogen (secondary N) is 1. The Balaban J connectivity index is 1.63. The quantitative estimate of drug-likeness (QED) is 0.686. The van der Waals surface area contributed by atoms with Crippen LogP contribution in [0.4, 0.5) is 0 Å². The molecule has 0 saturated carbocycles. The first-order valence-electron chi connectivity index (χ1n) is 9.06. The summed E-state index contributed by atoms with van der Waals surface area (Å²) in [7, 11) is 0. The monoisotopic (exact) mass is 347 g/mol. The van der Waals surface area contributed by atoms with Crippen LogP contribution in [0, 0.1) is 13.8 Å². The van der Waals surface area contributed by atoms with E-state index in [1.54, 1.807) is 0 Å². The molecule has 0 spiro atoms. The van der Waals surface area contributed by atoms with Crippen LogP contribution in [0.25, 0.3) is 10.8 Å². The highest BCUT2D eigenvalue weighted by Crippen LogP contribution is 2.19. The molecule has 3 rings (SSSR count). The molecule has 1 atom stereocenters. The zero-order valence-corrected chi connectivity index (χ0v) is 15.6. The fourth-order valence-corrected chi connectivity index (χ4v) is 2.93. The van der Waals surface area contributed by atoms with Crippen molar-refractivity contribution < 1.29 is 9.53 Å². The molecule has 1 amide bonds. The van der Waals surface area contributed by atoms with Crippen LogP contribution in [0.5, 0.6) is 5.75 Å². The molecule has 3 heteroatoms. The third-order valence-electron chi connectivity index (χ3n) is 4.70. The Morgan fingerprint density at radius 2 is 1.73 bits per heavy atom. The molecule has 0 heterocycles. The number of hydrogen-bond acceptors (Lipinski definition) is 2.